The van der Waals surface area contributed by atoms with Gasteiger partial charge in [-0.25, -0.2) is 0 Å². The number of rotatable bonds is 3. The summed E-state index contributed by atoms with van der Waals surface area (Å²) in [7, 11) is 1.11. The summed E-state index contributed by atoms with van der Waals surface area (Å²) in [4.78, 5) is 14.1. The molecule has 0 amide bonds. The van der Waals surface area contributed by atoms with Crippen LogP contribution in [0.4, 0.5) is 5.69 Å². The molecule has 0 N–H and O–H groups in total. The minimum absolute atomic E-state index is 0.0403. The van der Waals surface area contributed by atoms with Crippen LogP contribution in [-0.2, 0) is 18.8 Å². The first-order chi connectivity index (χ1) is 11.7. The predicted octanol–water partition coefficient (Wildman–Crippen LogP) is 2.38. The van der Waals surface area contributed by atoms with Crippen LogP contribution in [0.5, 0.6) is 0 Å². The van der Waals surface area contributed by atoms with Crippen molar-refractivity contribution in [2.75, 3.05) is 25.1 Å². The number of piperidine rings is 1. The molecule has 0 unspecified atom stereocenters. The second kappa shape index (κ2) is 6.65. The second-order valence-corrected chi connectivity index (χ2v) is 7.99. The molecule has 2 aliphatic heterocycles. The Morgan fingerprint density at radius 3 is 2.32 bits per heavy atom. The molecule has 0 aromatic heterocycles. The maximum absolute atomic E-state index is 11.8. The Labute approximate surface area is 150 Å². The molecule has 0 spiro atoms. The lowest BCUT2D eigenvalue weighted by atomic mass is 9.79. The number of anilines is 1. The lowest BCUT2D eigenvalue weighted by Gasteiger charge is -2.33. The van der Waals surface area contributed by atoms with Crippen LogP contribution in [0.3, 0.4) is 0 Å². The fraction of sp³-hybridized carbons (Fsp3) is 0.632. The molecule has 0 aliphatic carbocycles. The standard InChI is InChI=1S/C19H28BNO4/c1-18(2)19(3,4)25-20(24-18)15-8-10-16(11-9-15)21-12-6-7-14(13-21)17(22)23-5/h8-11,14H,6-7,12-13H2,1-5H3/t14-/m1/s1. The number of ether oxygens (including phenoxy) is 1. The van der Waals surface area contributed by atoms with Gasteiger partial charge in [0.05, 0.1) is 24.2 Å². The fourth-order valence-corrected chi connectivity index (χ4v) is 3.39. The Balaban J connectivity index is 1.70. The number of methoxy groups -OCH3 is 1. The second-order valence-electron chi connectivity index (χ2n) is 7.99. The highest BCUT2D eigenvalue weighted by molar-refractivity contribution is 6.62. The number of hydrogen-bond donors (Lipinski definition) is 0. The summed E-state index contributed by atoms with van der Waals surface area (Å²) in [6.45, 7) is 9.90. The van der Waals surface area contributed by atoms with Crippen molar-refractivity contribution in [3.63, 3.8) is 0 Å². The molecular formula is C19H28BNO4. The highest BCUT2D eigenvalue weighted by atomic mass is 16.7. The summed E-state index contributed by atoms with van der Waals surface area (Å²) in [5.74, 6) is -0.153. The van der Waals surface area contributed by atoms with E-state index in [9.17, 15) is 4.79 Å². The quantitative estimate of drug-likeness (QED) is 0.622. The van der Waals surface area contributed by atoms with Crippen molar-refractivity contribution in [3.8, 4) is 0 Å². The highest BCUT2D eigenvalue weighted by Gasteiger charge is 2.51. The smallest absolute Gasteiger partial charge is 0.469 e. The van der Waals surface area contributed by atoms with E-state index in [1.54, 1.807) is 0 Å². The topological polar surface area (TPSA) is 48.0 Å². The van der Waals surface area contributed by atoms with Gasteiger partial charge in [0.1, 0.15) is 0 Å². The van der Waals surface area contributed by atoms with Crippen LogP contribution >= 0.6 is 0 Å². The first-order valence-corrected chi connectivity index (χ1v) is 9.02. The van der Waals surface area contributed by atoms with Crippen LogP contribution in [0.15, 0.2) is 24.3 Å². The average Bonchev–Trinajstić information content (AvgIpc) is 2.82. The lowest BCUT2D eigenvalue weighted by Crippen LogP contribution is -2.41. The lowest BCUT2D eigenvalue weighted by molar-refractivity contribution is -0.145. The van der Waals surface area contributed by atoms with E-state index in [0.717, 1.165) is 30.5 Å². The predicted molar refractivity (Wildman–Crippen MR) is 99.1 cm³/mol. The van der Waals surface area contributed by atoms with Crippen LogP contribution in [0.1, 0.15) is 40.5 Å². The third kappa shape index (κ3) is 3.56. The number of benzene rings is 1. The van der Waals surface area contributed by atoms with E-state index < -0.39 is 0 Å². The van der Waals surface area contributed by atoms with Gasteiger partial charge < -0.3 is 18.9 Å². The third-order valence-corrected chi connectivity index (χ3v) is 5.74. The first-order valence-electron chi connectivity index (χ1n) is 9.02. The van der Waals surface area contributed by atoms with Gasteiger partial charge in [-0.2, -0.15) is 0 Å². The van der Waals surface area contributed by atoms with Gasteiger partial charge in [0.15, 0.2) is 0 Å². The van der Waals surface area contributed by atoms with Gasteiger partial charge in [0.25, 0.3) is 0 Å². The Kier molecular flexibility index (Phi) is 4.86. The van der Waals surface area contributed by atoms with Gasteiger partial charge in [0, 0.05) is 18.8 Å². The van der Waals surface area contributed by atoms with E-state index in [2.05, 4.69) is 56.9 Å². The van der Waals surface area contributed by atoms with E-state index >= 15 is 0 Å². The highest BCUT2D eigenvalue weighted by Crippen LogP contribution is 2.36. The normalized spacial score (nSPS) is 25.1. The summed E-state index contributed by atoms with van der Waals surface area (Å²) in [5, 5.41) is 0. The van der Waals surface area contributed by atoms with Gasteiger partial charge in [-0.1, -0.05) is 12.1 Å². The Bertz CT molecular complexity index is 613. The summed E-state index contributed by atoms with van der Waals surface area (Å²) < 4.78 is 17.1. The molecule has 5 nitrogen and oxygen atoms in total. The SMILES string of the molecule is COC(=O)[C@@H]1CCCN(c2ccc(B3OC(C)(C)C(C)(C)O3)cc2)C1. The molecule has 0 saturated carbocycles. The van der Waals surface area contributed by atoms with Gasteiger partial charge in [0.2, 0.25) is 0 Å². The zero-order chi connectivity index (χ0) is 18.2. The zero-order valence-corrected chi connectivity index (χ0v) is 15.9. The van der Waals surface area contributed by atoms with Crippen molar-refractivity contribution in [1.82, 2.24) is 0 Å². The van der Waals surface area contributed by atoms with Crippen molar-refractivity contribution in [2.24, 2.45) is 5.92 Å². The van der Waals surface area contributed by atoms with Crippen LogP contribution in [0, 0.1) is 5.92 Å². The van der Waals surface area contributed by atoms with Crippen LogP contribution in [0.2, 0.25) is 0 Å². The van der Waals surface area contributed by atoms with E-state index in [4.69, 9.17) is 14.0 Å². The molecule has 0 bridgehead atoms. The minimum atomic E-state index is -0.344. The largest absolute Gasteiger partial charge is 0.494 e. The van der Waals surface area contributed by atoms with Crippen LogP contribution in [0.25, 0.3) is 0 Å². The maximum atomic E-state index is 11.8. The van der Waals surface area contributed by atoms with Crippen molar-refractivity contribution in [3.05, 3.63) is 24.3 Å². The maximum Gasteiger partial charge on any atom is 0.494 e. The number of esters is 1. The van der Waals surface area contributed by atoms with Crippen molar-refractivity contribution in [2.45, 2.75) is 51.7 Å². The van der Waals surface area contributed by atoms with Crippen molar-refractivity contribution in [1.29, 1.82) is 0 Å². The Morgan fingerprint density at radius 2 is 1.76 bits per heavy atom. The summed E-state index contributed by atoms with van der Waals surface area (Å²) in [6, 6.07) is 8.28. The Morgan fingerprint density at radius 1 is 1.16 bits per heavy atom. The minimum Gasteiger partial charge on any atom is -0.469 e. The summed E-state index contributed by atoms with van der Waals surface area (Å²) in [6.07, 6.45) is 1.90. The van der Waals surface area contributed by atoms with E-state index in [-0.39, 0.29) is 30.2 Å². The van der Waals surface area contributed by atoms with Gasteiger partial charge in [-0.05, 0) is 58.1 Å². The molecule has 136 valence electrons. The number of nitrogens with zero attached hydrogens (tertiary/aromatic N) is 1. The summed E-state index contributed by atoms with van der Waals surface area (Å²) in [5.41, 5.74) is 1.46. The first kappa shape index (κ1) is 18.3. The van der Waals surface area contributed by atoms with E-state index in [0.29, 0.717) is 6.54 Å². The molecule has 25 heavy (non-hydrogen) atoms. The van der Waals surface area contributed by atoms with Gasteiger partial charge >= 0.3 is 13.1 Å². The molecule has 1 aromatic carbocycles. The molecule has 3 rings (SSSR count). The van der Waals surface area contributed by atoms with Gasteiger partial charge in [-0.3, -0.25) is 4.79 Å². The molecule has 2 aliphatic rings. The van der Waals surface area contributed by atoms with E-state index in [1.807, 2.05) is 0 Å². The van der Waals surface area contributed by atoms with E-state index in [1.165, 1.54) is 7.11 Å². The Hall–Kier alpha value is -1.53. The average molecular weight is 345 g/mol. The van der Waals surface area contributed by atoms with Crippen LogP contribution < -0.4 is 10.4 Å². The van der Waals surface area contributed by atoms with Gasteiger partial charge in [-0.15, -0.1) is 0 Å². The van der Waals surface area contributed by atoms with Crippen molar-refractivity contribution >= 4 is 24.2 Å². The molecule has 6 heteroatoms. The molecular weight excluding hydrogens is 317 g/mol. The number of hydrogen-bond acceptors (Lipinski definition) is 5. The monoisotopic (exact) mass is 345 g/mol. The number of carbonyl (C=O) groups is 1. The molecule has 2 heterocycles. The van der Waals surface area contributed by atoms with Crippen LogP contribution in [-0.4, -0.2) is 44.5 Å². The molecule has 0 radical (unpaired) electrons. The summed E-state index contributed by atoms with van der Waals surface area (Å²) >= 11 is 0. The molecule has 2 fully saturated rings. The molecule has 2 saturated heterocycles. The number of carbonyl (C=O) groups excluding carboxylic acids is 1. The van der Waals surface area contributed by atoms with Crippen molar-refractivity contribution < 1.29 is 18.8 Å². The third-order valence-electron chi connectivity index (χ3n) is 5.74. The molecule has 1 aromatic rings. The molecule has 1 atom stereocenters. The fourth-order valence-electron chi connectivity index (χ4n) is 3.39. The zero-order valence-electron chi connectivity index (χ0n) is 15.9.